The van der Waals surface area contributed by atoms with E-state index >= 15 is 0 Å². The van der Waals surface area contributed by atoms with Crippen molar-refractivity contribution in [2.24, 2.45) is 0 Å². The third-order valence-corrected chi connectivity index (χ3v) is 4.10. The lowest BCUT2D eigenvalue weighted by Gasteiger charge is -2.37. The monoisotopic (exact) mass is 258 g/mol. The van der Waals surface area contributed by atoms with Crippen molar-refractivity contribution in [3.05, 3.63) is 29.7 Å². The molecule has 1 fully saturated rings. The molecule has 2 aromatic heterocycles. The molecule has 0 aromatic carbocycles. The molecule has 1 aliphatic rings. The quantitative estimate of drug-likeness (QED) is 0.830. The highest BCUT2D eigenvalue weighted by Crippen LogP contribution is 2.31. The number of hydrogen-bond acceptors (Lipinski definition) is 3. The van der Waals surface area contributed by atoms with Gasteiger partial charge in [-0.2, -0.15) is 0 Å². The van der Waals surface area contributed by atoms with Crippen LogP contribution in [0.25, 0.3) is 5.65 Å². The summed E-state index contributed by atoms with van der Waals surface area (Å²) in [5, 5.41) is 8.80. The first-order chi connectivity index (χ1) is 9.16. The zero-order valence-electron chi connectivity index (χ0n) is 12.0. The molecule has 0 radical (unpaired) electrons. The molecule has 4 nitrogen and oxygen atoms in total. The van der Waals surface area contributed by atoms with E-state index < -0.39 is 0 Å². The molecule has 0 spiro atoms. The van der Waals surface area contributed by atoms with Crippen molar-refractivity contribution in [3.63, 3.8) is 0 Å². The Morgan fingerprint density at radius 1 is 1.26 bits per heavy atom. The molecule has 0 bridgehead atoms. The van der Waals surface area contributed by atoms with Crippen molar-refractivity contribution in [2.75, 3.05) is 6.54 Å². The third kappa shape index (κ3) is 2.25. The fourth-order valence-corrected chi connectivity index (χ4v) is 3.09. The van der Waals surface area contributed by atoms with Gasteiger partial charge in [0.05, 0.1) is 6.04 Å². The third-order valence-electron chi connectivity index (χ3n) is 4.10. The van der Waals surface area contributed by atoms with Gasteiger partial charge in [0.25, 0.3) is 0 Å². The summed E-state index contributed by atoms with van der Waals surface area (Å²) in [6.45, 7) is 7.80. The molecule has 0 N–H and O–H groups in total. The maximum Gasteiger partial charge on any atom is 0.161 e. The summed E-state index contributed by atoms with van der Waals surface area (Å²) in [5.41, 5.74) is 2.19. The van der Waals surface area contributed by atoms with E-state index in [0.717, 1.165) is 11.5 Å². The predicted octanol–water partition coefficient (Wildman–Crippen LogP) is 2.97. The molecule has 1 unspecified atom stereocenters. The van der Waals surface area contributed by atoms with Crippen LogP contribution in [0.5, 0.6) is 0 Å². The molecule has 0 aliphatic carbocycles. The van der Waals surface area contributed by atoms with Crippen LogP contribution in [0.3, 0.4) is 0 Å². The molecule has 3 rings (SSSR count). The molecular weight excluding hydrogens is 236 g/mol. The number of likely N-dealkylation sites (tertiary alicyclic amines) is 1. The van der Waals surface area contributed by atoms with E-state index in [1.165, 1.54) is 31.4 Å². The minimum Gasteiger partial charge on any atom is -0.291 e. The molecule has 3 heterocycles. The van der Waals surface area contributed by atoms with Crippen molar-refractivity contribution in [1.29, 1.82) is 0 Å². The molecule has 4 heteroatoms. The lowest BCUT2D eigenvalue weighted by Crippen LogP contribution is -2.39. The zero-order valence-corrected chi connectivity index (χ0v) is 12.0. The minimum atomic E-state index is 0.409. The summed E-state index contributed by atoms with van der Waals surface area (Å²) >= 11 is 0. The van der Waals surface area contributed by atoms with Crippen LogP contribution < -0.4 is 0 Å². The SMILES string of the molecule is Cc1ccn2c(C3CCCCN3C(C)C)nnc2c1. The summed E-state index contributed by atoms with van der Waals surface area (Å²) in [4.78, 5) is 2.56. The smallest absolute Gasteiger partial charge is 0.161 e. The summed E-state index contributed by atoms with van der Waals surface area (Å²) in [6, 6.07) is 5.19. The molecule has 19 heavy (non-hydrogen) atoms. The van der Waals surface area contributed by atoms with Crippen LogP contribution in [0.2, 0.25) is 0 Å². The average Bonchev–Trinajstić information content (AvgIpc) is 2.81. The maximum atomic E-state index is 4.46. The van der Waals surface area contributed by atoms with Gasteiger partial charge in [-0.1, -0.05) is 6.42 Å². The fraction of sp³-hybridized carbons (Fsp3) is 0.600. The number of pyridine rings is 1. The van der Waals surface area contributed by atoms with Gasteiger partial charge in [0.2, 0.25) is 0 Å². The Hall–Kier alpha value is -1.42. The van der Waals surface area contributed by atoms with Crippen LogP contribution in [-0.4, -0.2) is 32.1 Å². The Morgan fingerprint density at radius 3 is 2.89 bits per heavy atom. The van der Waals surface area contributed by atoms with Gasteiger partial charge >= 0.3 is 0 Å². The Balaban J connectivity index is 2.02. The second-order valence-electron chi connectivity index (χ2n) is 5.83. The second-order valence-corrected chi connectivity index (χ2v) is 5.83. The highest BCUT2D eigenvalue weighted by Gasteiger charge is 2.29. The summed E-state index contributed by atoms with van der Waals surface area (Å²) in [7, 11) is 0. The Morgan fingerprint density at radius 2 is 2.11 bits per heavy atom. The van der Waals surface area contributed by atoms with Crippen LogP contribution in [0.4, 0.5) is 0 Å². The van der Waals surface area contributed by atoms with Gasteiger partial charge in [-0.15, -0.1) is 10.2 Å². The predicted molar refractivity (Wildman–Crippen MR) is 76.2 cm³/mol. The number of aromatic nitrogens is 3. The largest absolute Gasteiger partial charge is 0.291 e. The number of fused-ring (bicyclic) bond motifs is 1. The molecular formula is C15H22N4. The van der Waals surface area contributed by atoms with Crippen LogP contribution >= 0.6 is 0 Å². The highest BCUT2D eigenvalue weighted by atomic mass is 15.3. The number of piperidine rings is 1. The Kier molecular flexibility index (Phi) is 3.27. The molecule has 0 amide bonds. The van der Waals surface area contributed by atoms with E-state index in [1.807, 2.05) is 0 Å². The molecule has 1 atom stereocenters. The Bertz CT molecular complexity index is 573. The van der Waals surface area contributed by atoms with Gasteiger partial charge in [-0.05, 0) is 57.9 Å². The number of aryl methyl sites for hydroxylation is 1. The van der Waals surface area contributed by atoms with E-state index in [4.69, 9.17) is 0 Å². The van der Waals surface area contributed by atoms with E-state index in [1.54, 1.807) is 0 Å². The first-order valence-corrected chi connectivity index (χ1v) is 7.24. The van der Waals surface area contributed by atoms with Crippen LogP contribution in [-0.2, 0) is 0 Å². The van der Waals surface area contributed by atoms with Gasteiger partial charge in [0.1, 0.15) is 0 Å². The number of rotatable bonds is 2. The maximum absolute atomic E-state index is 4.46. The van der Waals surface area contributed by atoms with Crippen molar-refractivity contribution in [3.8, 4) is 0 Å². The topological polar surface area (TPSA) is 33.4 Å². The molecule has 1 saturated heterocycles. The summed E-state index contributed by atoms with van der Waals surface area (Å²) in [5.74, 6) is 1.10. The first kappa shape index (κ1) is 12.6. The van der Waals surface area contributed by atoms with Gasteiger partial charge in [-0.3, -0.25) is 9.30 Å². The Labute approximate surface area is 114 Å². The van der Waals surface area contributed by atoms with Gasteiger partial charge in [-0.25, -0.2) is 0 Å². The standard InChI is InChI=1S/C15H22N4/c1-11(2)18-8-5-4-6-13(18)15-17-16-14-10-12(3)7-9-19(14)15/h7,9-11,13H,4-6,8H2,1-3H3. The lowest BCUT2D eigenvalue weighted by molar-refractivity contribution is 0.105. The molecule has 2 aromatic rings. The van der Waals surface area contributed by atoms with Crippen molar-refractivity contribution in [2.45, 2.75) is 52.1 Å². The van der Waals surface area contributed by atoms with Crippen LogP contribution in [0.15, 0.2) is 18.3 Å². The summed E-state index contributed by atoms with van der Waals surface area (Å²) in [6.07, 6.45) is 5.87. The van der Waals surface area contributed by atoms with E-state index in [9.17, 15) is 0 Å². The second kappa shape index (κ2) is 4.93. The normalized spacial score (nSPS) is 21.4. The van der Waals surface area contributed by atoms with E-state index in [0.29, 0.717) is 12.1 Å². The van der Waals surface area contributed by atoms with Crippen LogP contribution in [0.1, 0.15) is 50.5 Å². The van der Waals surface area contributed by atoms with E-state index in [-0.39, 0.29) is 0 Å². The number of hydrogen-bond donors (Lipinski definition) is 0. The van der Waals surface area contributed by atoms with E-state index in [2.05, 4.69) is 58.6 Å². The first-order valence-electron chi connectivity index (χ1n) is 7.24. The van der Waals surface area contributed by atoms with Crippen molar-refractivity contribution < 1.29 is 0 Å². The zero-order chi connectivity index (χ0) is 13.4. The summed E-state index contributed by atoms with van der Waals surface area (Å²) < 4.78 is 2.15. The lowest BCUT2D eigenvalue weighted by atomic mass is 10.00. The minimum absolute atomic E-state index is 0.409. The molecule has 1 aliphatic heterocycles. The number of nitrogens with zero attached hydrogens (tertiary/aromatic N) is 4. The molecule has 0 saturated carbocycles. The van der Waals surface area contributed by atoms with Gasteiger partial charge < -0.3 is 0 Å². The van der Waals surface area contributed by atoms with Gasteiger partial charge in [0, 0.05) is 12.2 Å². The fourth-order valence-electron chi connectivity index (χ4n) is 3.09. The average molecular weight is 258 g/mol. The highest BCUT2D eigenvalue weighted by molar-refractivity contribution is 5.41. The molecule has 102 valence electrons. The van der Waals surface area contributed by atoms with Crippen LogP contribution in [0, 0.1) is 6.92 Å². The van der Waals surface area contributed by atoms with Crippen molar-refractivity contribution in [1.82, 2.24) is 19.5 Å². The van der Waals surface area contributed by atoms with Gasteiger partial charge in [0.15, 0.2) is 11.5 Å². The van der Waals surface area contributed by atoms with Crippen molar-refractivity contribution >= 4 is 5.65 Å².